The normalized spacial score (nSPS) is 13.5. The molecule has 18 rings (SSSR count). The van der Waals surface area contributed by atoms with Gasteiger partial charge < -0.3 is 0 Å². The number of rotatable bonds is 64. The van der Waals surface area contributed by atoms with Gasteiger partial charge in [0.05, 0.1) is 22.4 Å². The first kappa shape index (κ1) is 109. The molecule has 0 spiro atoms. The third kappa shape index (κ3) is 26.4. The molecule has 0 unspecified atom stereocenters. The maximum atomic E-state index is 5.44. The van der Waals surface area contributed by atoms with E-state index in [1.54, 1.807) is 16.7 Å². The average Bonchev–Trinajstić information content (AvgIpc) is 1.56. The van der Waals surface area contributed by atoms with Crippen LogP contribution in [0.1, 0.15) is 444 Å². The van der Waals surface area contributed by atoms with Gasteiger partial charge in [-0.25, -0.2) is 9.97 Å². The first-order valence-corrected chi connectivity index (χ1v) is 62.2. The molecule has 3 aromatic heterocycles. The van der Waals surface area contributed by atoms with Crippen molar-refractivity contribution in [2.45, 2.75) is 405 Å². The van der Waals surface area contributed by atoms with Crippen LogP contribution in [0.5, 0.6) is 0 Å². The van der Waals surface area contributed by atoms with Gasteiger partial charge in [0, 0.05) is 21.6 Å². The van der Waals surface area contributed by atoms with Crippen LogP contribution in [0.4, 0.5) is 0 Å². The van der Waals surface area contributed by atoms with E-state index in [1.165, 1.54) is 449 Å². The minimum Gasteiger partial charge on any atom is -0.248 e. The molecule has 3 aliphatic carbocycles. The molecule has 0 N–H and O–H groups in total. The van der Waals surface area contributed by atoms with E-state index < -0.39 is 0 Å². The van der Waals surface area contributed by atoms with Crippen molar-refractivity contribution < 1.29 is 0 Å². The molecule has 0 bridgehead atoms. The van der Waals surface area contributed by atoms with E-state index in [1.807, 2.05) is 0 Å². The second-order valence-electron chi connectivity index (χ2n) is 45.6. The molecule has 3 aliphatic rings. The summed E-state index contributed by atoms with van der Waals surface area (Å²) in [6.45, 7) is 14.1. The summed E-state index contributed by atoms with van der Waals surface area (Å²) in [5.74, 6) is 0. The van der Waals surface area contributed by atoms with Gasteiger partial charge in [0.25, 0.3) is 0 Å². The Morgan fingerprint density at radius 3 is 0.720 bits per heavy atom. The van der Waals surface area contributed by atoms with Crippen LogP contribution in [0.15, 0.2) is 267 Å². The third-order valence-electron chi connectivity index (χ3n) is 35.0. The summed E-state index contributed by atoms with van der Waals surface area (Å²) in [4.78, 5) is 10.9. The summed E-state index contributed by atoms with van der Waals surface area (Å²) in [5, 5.41) is 2.30. The van der Waals surface area contributed by atoms with Crippen molar-refractivity contribution in [2.24, 2.45) is 0 Å². The van der Waals surface area contributed by atoms with Crippen LogP contribution in [0.3, 0.4) is 0 Å². The van der Waals surface area contributed by atoms with E-state index in [-0.39, 0.29) is 31.2 Å². The monoisotopic (exact) mass is 2050 g/mol. The molecule has 4 nitrogen and oxygen atoms in total. The number of hydrogen-bond donors (Lipinski definition) is 0. The fourth-order valence-electron chi connectivity index (χ4n) is 26.6. The van der Waals surface area contributed by atoms with Crippen molar-refractivity contribution in [3.8, 4) is 100 Å². The van der Waals surface area contributed by atoms with Crippen LogP contribution < -0.4 is 0 Å². The molecular weight excluding hydrogens is 1880 g/mol. The Balaban J connectivity index is 0.805. The predicted octanol–water partition coefficient (Wildman–Crippen LogP) is 44.1. The molecule has 0 saturated heterocycles. The first-order chi connectivity index (χ1) is 74.2. The van der Waals surface area contributed by atoms with Crippen LogP contribution in [0.2, 0.25) is 0 Å². The quantitative estimate of drug-likeness (QED) is 0.0282. The van der Waals surface area contributed by atoms with Gasteiger partial charge in [-0.3, -0.25) is 0 Å². The zero-order valence-corrected chi connectivity index (χ0v) is 94.3. The number of para-hydroxylation sites is 2. The summed E-state index contributed by atoms with van der Waals surface area (Å²) in [6, 6.07) is 105. The number of aromatic nitrogens is 4. The zero-order valence-electron chi connectivity index (χ0n) is 92.6. The van der Waals surface area contributed by atoms with Crippen molar-refractivity contribution in [1.82, 2.24) is 17.9 Å². The summed E-state index contributed by atoms with van der Waals surface area (Å²) in [7, 11) is 0. The van der Waals surface area contributed by atoms with Gasteiger partial charge in [0.1, 0.15) is 0 Å². The number of unbranched alkanes of at least 4 members (excludes halogenated alkanes) is 42. The number of fused-ring (bicyclic) bond motifs is 12. The Bertz CT molecular complexity index is 6840. The van der Waals surface area contributed by atoms with Gasteiger partial charge >= 0.3 is 250 Å². The summed E-state index contributed by atoms with van der Waals surface area (Å²) in [5.41, 5.74) is 40.9. The molecular formula is C145H174N4Se. The fourth-order valence-corrected chi connectivity index (χ4v) is 27.8. The molecule has 0 atom stereocenters. The standard InChI is InChI=1S/C145H174N4Se/c1-7-13-19-25-31-37-43-59-95-143(96-60-44-38-32-26-20-14-8-2)133-103-113(109-65-51-49-52-66-109)77-87-125(133)126-88-78-114(104-134(126)143)115-79-89-127-129-91-81-119(107-137(129)144(135(127)105-115,97-61-45-39-33-27-21-15-9-3)98-62-46-40-34-28-22-16-10-4)131-101-117(76-86-122-84-74-112-70-56-58-72-140(112)147-122)132(102-116(131)75-85-121-83-73-111-69-55-57-71-139(111)146-121)120-82-92-130-128-90-80-118(124-94-93-123(110-67-53-50-54-68-110)141-142(124)149-150-148-141)106-136(128)145(138(130)108-120,99-63-47-41-35-29-23-17-11-5)100-64-48-42-36-30-24-18-12-6/h49-58,65-94,101-108H,7-48,59-64,95-100H2,1-6H3/b85-75+,86-76+. The molecule has 0 amide bonds. The Hall–Kier alpha value is -10.9. The zero-order chi connectivity index (χ0) is 103. The van der Waals surface area contributed by atoms with E-state index in [0.717, 1.165) is 69.9 Å². The Morgan fingerprint density at radius 1 is 0.187 bits per heavy atom. The molecule has 0 fully saturated rings. The van der Waals surface area contributed by atoms with E-state index in [4.69, 9.17) is 17.9 Å². The fraction of sp³-hybridized carbons (Fsp3) is 0.434. The number of benzene rings is 12. The average molecular weight is 2050 g/mol. The number of nitrogens with zero attached hydrogens (tertiary/aromatic N) is 4. The van der Waals surface area contributed by atoms with Crippen molar-refractivity contribution in [2.75, 3.05) is 0 Å². The van der Waals surface area contributed by atoms with Crippen LogP contribution in [0, 0.1) is 0 Å². The molecule has 0 radical (unpaired) electrons. The van der Waals surface area contributed by atoms with Crippen molar-refractivity contribution >= 4 is 72.1 Å². The first-order valence-electron chi connectivity index (χ1n) is 60.7. The van der Waals surface area contributed by atoms with E-state index in [0.29, 0.717) is 0 Å². The van der Waals surface area contributed by atoms with Gasteiger partial charge in [0.15, 0.2) is 0 Å². The van der Waals surface area contributed by atoms with Crippen LogP contribution in [-0.4, -0.2) is 32.9 Å². The van der Waals surface area contributed by atoms with E-state index >= 15 is 0 Å². The molecule has 150 heavy (non-hydrogen) atoms. The van der Waals surface area contributed by atoms with E-state index in [9.17, 15) is 0 Å². The molecule has 5 heteroatoms. The predicted molar refractivity (Wildman–Crippen MR) is 652 cm³/mol. The molecule has 15 aromatic rings. The van der Waals surface area contributed by atoms with E-state index in [2.05, 4.69) is 333 Å². The summed E-state index contributed by atoms with van der Waals surface area (Å²) >= 11 is -0.212. The van der Waals surface area contributed by atoms with Gasteiger partial charge in [-0.2, -0.15) is 0 Å². The molecule has 12 aromatic carbocycles. The Kier molecular flexibility index (Phi) is 40.3. The van der Waals surface area contributed by atoms with Crippen molar-refractivity contribution in [1.29, 1.82) is 0 Å². The summed E-state index contributed by atoms with van der Waals surface area (Å²) in [6.07, 6.45) is 78.8. The van der Waals surface area contributed by atoms with Crippen LogP contribution in [0.25, 0.3) is 157 Å². The SMILES string of the molecule is CCCCCCCCCCC1(CCCCCCCCCC)c2cc(-c3ccccc3)ccc2-c2ccc(-c3ccc4c(c3)C(CCCCCCCCCC)(CCCCCCCCCC)c3cc(-c5cc(/C=C/c6ccc7ccccc7n6)c(-c6ccc7c(c6)C(CCCCCCCCCC)(CCCCCCCCCC)c6cc(-c8ccc(-c9ccccc9)c9n[se]nc89)ccc6-7)cc5/C=C/c5ccc6ccccc6n5)ccc3-4)cc21. The molecule has 3 heterocycles. The van der Waals surface area contributed by atoms with Gasteiger partial charge in [0.2, 0.25) is 0 Å². The third-order valence-corrected chi connectivity index (χ3v) is 36.1. The van der Waals surface area contributed by atoms with Crippen molar-refractivity contribution in [3.63, 3.8) is 0 Å². The Labute approximate surface area is 910 Å². The summed E-state index contributed by atoms with van der Waals surface area (Å²) < 4.78 is 10.5. The maximum absolute atomic E-state index is 5.44. The minimum absolute atomic E-state index is 0.0888. The topological polar surface area (TPSA) is 51.6 Å². The Morgan fingerprint density at radius 2 is 0.420 bits per heavy atom. The molecule has 780 valence electrons. The number of hydrogen-bond acceptors (Lipinski definition) is 4. The van der Waals surface area contributed by atoms with Gasteiger partial charge in [-0.05, 0) is 176 Å². The van der Waals surface area contributed by atoms with Gasteiger partial charge in [-0.15, -0.1) is 0 Å². The van der Waals surface area contributed by atoms with Crippen molar-refractivity contribution in [3.05, 3.63) is 323 Å². The molecule has 0 saturated carbocycles. The van der Waals surface area contributed by atoms with Crippen LogP contribution in [-0.2, 0) is 16.2 Å². The smallest absolute Gasteiger partial charge is 0.248 e. The minimum atomic E-state index is -0.236. The number of pyridine rings is 2. The molecule has 0 aliphatic heterocycles. The van der Waals surface area contributed by atoms with Crippen LogP contribution >= 0.6 is 0 Å². The van der Waals surface area contributed by atoms with Gasteiger partial charge in [-0.1, -0.05) is 438 Å². The second-order valence-corrected chi connectivity index (χ2v) is 46.7. The second kappa shape index (κ2) is 55.6.